The molecule has 0 fully saturated rings. The van der Waals surface area contributed by atoms with Gasteiger partial charge in [0.25, 0.3) is 0 Å². The smallest absolute Gasteiger partial charge is 0.208 e. The minimum atomic E-state index is -0.463. The second-order valence-electron chi connectivity index (χ2n) is 1.68. The standard InChI is InChI=1S/C6H14O4/c1-7-5(8-2)6(9-3)10-4/h5-6H,1-4H3. The zero-order chi connectivity index (χ0) is 7.98. The van der Waals surface area contributed by atoms with Crippen LogP contribution in [0.4, 0.5) is 0 Å². The zero-order valence-electron chi connectivity index (χ0n) is 6.79. The second kappa shape index (κ2) is 5.61. The number of rotatable bonds is 5. The molecular weight excluding hydrogens is 136 g/mol. The Morgan fingerprint density at radius 3 is 0.900 bits per heavy atom. The maximum absolute atomic E-state index is 4.87. The molecule has 0 saturated carbocycles. The van der Waals surface area contributed by atoms with Crippen LogP contribution in [0.15, 0.2) is 0 Å². The highest BCUT2D eigenvalue weighted by molar-refractivity contribution is 4.45. The molecule has 0 aromatic rings. The van der Waals surface area contributed by atoms with Gasteiger partial charge in [0.15, 0.2) is 0 Å². The third-order valence-electron chi connectivity index (χ3n) is 1.15. The molecule has 0 aliphatic rings. The normalized spacial score (nSPS) is 11.4. The average molecular weight is 150 g/mol. The first-order chi connectivity index (χ1) is 4.79. The Bertz CT molecular complexity index is 58.1. The third-order valence-corrected chi connectivity index (χ3v) is 1.15. The molecular formula is C6H14O4. The van der Waals surface area contributed by atoms with Crippen LogP contribution in [0.3, 0.4) is 0 Å². The van der Waals surface area contributed by atoms with E-state index in [1.54, 1.807) is 0 Å². The molecule has 0 spiro atoms. The Labute approximate surface area is 61.0 Å². The van der Waals surface area contributed by atoms with E-state index in [1.165, 1.54) is 28.4 Å². The molecule has 0 saturated heterocycles. The monoisotopic (exact) mass is 150 g/mol. The molecule has 10 heavy (non-hydrogen) atoms. The minimum Gasteiger partial charge on any atom is -0.351 e. The van der Waals surface area contributed by atoms with E-state index in [2.05, 4.69) is 0 Å². The van der Waals surface area contributed by atoms with Crippen molar-refractivity contribution in [1.82, 2.24) is 0 Å². The summed E-state index contributed by atoms with van der Waals surface area (Å²) >= 11 is 0. The van der Waals surface area contributed by atoms with Crippen LogP contribution in [0.1, 0.15) is 0 Å². The van der Waals surface area contributed by atoms with Crippen molar-refractivity contribution >= 4 is 0 Å². The maximum atomic E-state index is 4.87. The fourth-order valence-electron chi connectivity index (χ4n) is 0.637. The van der Waals surface area contributed by atoms with Crippen LogP contribution in [0, 0.1) is 0 Å². The van der Waals surface area contributed by atoms with Crippen LogP contribution >= 0.6 is 0 Å². The fourth-order valence-corrected chi connectivity index (χ4v) is 0.637. The van der Waals surface area contributed by atoms with Gasteiger partial charge >= 0.3 is 0 Å². The summed E-state index contributed by atoms with van der Waals surface area (Å²) in [5.74, 6) is 0. The molecule has 4 heteroatoms. The molecule has 4 nitrogen and oxygen atoms in total. The van der Waals surface area contributed by atoms with Crippen molar-refractivity contribution in [3.8, 4) is 0 Å². The molecule has 0 heterocycles. The highest BCUT2D eigenvalue weighted by Gasteiger charge is 2.18. The third kappa shape index (κ3) is 2.62. The van der Waals surface area contributed by atoms with Crippen LogP contribution in [0.2, 0.25) is 0 Å². The van der Waals surface area contributed by atoms with Crippen molar-refractivity contribution < 1.29 is 18.9 Å². The van der Waals surface area contributed by atoms with E-state index in [0.717, 1.165) is 0 Å². The van der Waals surface area contributed by atoms with Gasteiger partial charge in [0.2, 0.25) is 12.6 Å². The Balaban J connectivity index is 3.70. The van der Waals surface area contributed by atoms with E-state index >= 15 is 0 Å². The molecule has 0 radical (unpaired) electrons. The predicted molar refractivity (Wildman–Crippen MR) is 35.6 cm³/mol. The summed E-state index contributed by atoms with van der Waals surface area (Å²) in [6.45, 7) is 0. The summed E-state index contributed by atoms with van der Waals surface area (Å²) in [5.41, 5.74) is 0. The van der Waals surface area contributed by atoms with Gasteiger partial charge in [0.1, 0.15) is 0 Å². The topological polar surface area (TPSA) is 36.9 Å². The van der Waals surface area contributed by atoms with Crippen LogP contribution in [0.5, 0.6) is 0 Å². The van der Waals surface area contributed by atoms with Gasteiger partial charge in [-0.1, -0.05) is 0 Å². The van der Waals surface area contributed by atoms with Gasteiger partial charge in [-0.3, -0.25) is 0 Å². The fraction of sp³-hybridized carbons (Fsp3) is 1.00. The van der Waals surface area contributed by atoms with Crippen LogP contribution in [-0.4, -0.2) is 41.0 Å². The SMILES string of the molecule is COC(OC)C(OC)OC. The molecule has 0 amide bonds. The summed E-state index contributed by atoms with van der Waals surface area (Å²) in [6, 6.07) is 0. The van der Waals surface area contributed by atoms with E-state index in [-0.39, 0.29) is 0 Å². The molecule has 0 rings (SSSR count). The number of ether oxygens (including phenoxy) is 4. The van der Waals surface area contributed by atoms with Gasteiger partial charge in [0, 0.05) is 28.4 Å². The van der Waals surface area contributed by atoms with E-state index < -0.39 is 12.6 Å². The first-order valence-corrected chi connectivity index (χ1v) is 2.91. The second-order valence-corrected chi connectivity index (χ2v) is 1.68. The molecule has 62 valence electrons. The van der Waals surface area contributed by atoms with Gasteiger partial charge in [-0.25, -0.2) is 0 Å². The van der Waals surface area contributed by atoms with E-state index in [0.29, 0.717) is 0 Å². The van der Waals surface area contributed by atoms with Crippen molar-refractivity contribution in [3.05, 3.63) is 0 Å². The van der Waals surface area contributed by atoms with Crippen LogP contribution < -0.4 is 0 Å². The lowest BCUT2D eigenvalue weighted by Crippen LogP contribution is -2.32. The highest BCUT2D eigenvalue weighted by Crippen LogP contribution is 2.02. The van der Waals surface area contributed by atoms with Gasteiger partial charge in [-0.05, 0) is 0 Å². The lowest BCUT2D eigenvalue weighted by molar-refractivity contribution is -0.254. The molecule has 0 aromatic heterocycles. The molecule has 0 aliphatic carbocycles. The molecule has 0 unspecified atom stereocenters. The Morgan fingerprint density at radius 2 is 0.800 bits per heavy atom. The van der Waals surface area contributed by atoms with Crippen molar-refractivity contribution in [2.75, 3.05) is 28.4 Å². The number of hydrogen-bond acceptors (Lipinski definition) is 4. The molecule has 0 bridgehead atoms. The quantitative estimate of drug-likeness (QED) is 0.525. The molecule has 0 N–H and O–H groups in total. The largest absolute Gasteiger partial charge is 0.351 e. The molecule has 0 aromatic carbocycles. The van der Waals surface area contributed by atoms with Gasteiger partial charge in [-0.2, -0.15) is 0 Å². The average Bonchev–Trinajstić information content (AvgIpc) is 2.00. The van der Waals surface area contributed by atoms with E-state index in [4.69, 9.17) is 18.9 Å². The van der Waals surface area contributed by atoms with Gasteiger partial charge < -0.3 is 18.9 Å². The van der Waals surface area contributed by atoms with Crippen LogP contribution in [0.25, 0.3) is 0 Å². The summed E-state index contributed by atoms with van der Waals surface area (Å²) in [7, 11) is 6.11. The highest BCUT2D eigenvalue weighted by atomic mass is 16.8. The summed E-state index contributed by atoms with van der Waals surface area (Å²) in [6.07, 6.45) is -0.926. The number of hydrogen-bond donors (Lipinski definition) is 0. The lowest BCUT2D eigenvalue weighted by Gasteiger charge is -2.21. The van der Waals surface area contributed by atoms with Crippen molar-refractivity contribution in [1.29, 1.82) is 0 Å². The number of methoxy groups -OCH3 is 4. The Kier molecular flexibility index (Phi) is 5.52. The van der Waals surface area contributed by atoms with E-state index in [1.807, 2.05) is 0 Å². The predicted octanol–water partition coefficient (Wildman–Crippen LogP) is 0.224. The van der Waals surface area contributed by atoms with Crippen molar-refractivity contribution in [3.63, 3.8) is 0 Å². The maximum Gasteiger partial charge on any atom is 0.208 e. The summed E-state index contributed by atoms with van der Waals surface area (Å²) in [5, 5.41) is 0. The first kappa shape index (κ1) is 9.84. The summed E-state index contributed by atoms with van der Waals surface area (Å²) < 4.78 is 19.5. The van der Waals surface area contributed by atoms with Crippen molar-refractivity contribution in [2.45, 2.75) is 12.6 Å². The minimum absolute atomic E-state index is 0.463. The first-order valence-electron chi connectivity index (χ1n) is 2.91. The van der Waals surface area contributed by atoms with Gasteiger partial charge in [-0.15, -0.1) is 0 Å². The van der Waals surface area contributed by atoms with Crippen LogP contribution in [-0.2, 0) is 18.9 Å². The van der Waals surface area contributed by atoms with Gasteiger partial charge in [0.05, 0.1) is 0 Å². The lowest BCUT2D eigenvalue weighted by atomic mass is 10.6. The molecule has 0 atom stereocenters. The molecule has 0 aliphatic heterocycles. The summed E-state index contributed by atoms with van der Waals surface area (Å²) in [4.78, 5) is 0. The zero-order valence-corrected chi connectivity index (χ0v) is 6.79. The Hall–Kier alpha value is -0.160. The Morgan fingerprint density at radius 1 is 0.600 bits per heavy atom. The van der Waals surface area contributed by atoms with Crippen molar-refractivity contribution in [2.24, 2.45) is 0 Å². The van der Waals surface area contributed by atoms with E-state index in [9.17, 15) is 0 Å².